The van der Waals surface area contributed by atoms with Crippen LogP contribution < -0.4 is 0 Å². The van der Waals surface area contributed by atoms with Crippen LogP contribution in [-0.4, -0.2) is 66.3 Å². The molecule has 0 aromatic heterocycles. The summed E-state index contributed by atoms with van der Waals surface area (Å²) in [5.41, 5.74) is 0. The van der Waals surface area contributed by atoms with Crippen LogP contribution in [0, 0.1) is 0 Å². The molecule has 0 heterocycles. The van der Waals surface area contributed by atoms with Crippen LogP contribution in [0.5, 0.6) is 0 Å². The van der Waals surface area contributed by atoms with Gasteiger partial charge in [0, 0.05) is 13.0 Å². The molecular formula is C32H63O9P. The van der Waals surface area contributed by atoms with Gasteiger partial charge in [0.25, 0.3) is 0 Å². The van der Waals surface area contributed by atoms with Gasteiger partial charge in [-0.2, -0.15) is 0 Å². The predicted molar refractivity (Wildman–Crippen MR) is 168 cm³/mol. The molecule has 0 spiro atoms. The van der Waals surface area contributed by atoms with Crippen molar-refractivity contribution in [2.45, 2.75) is 154 Å². The minimum atomic E-state index is -4.50. The van der Waals surface area contributed by atoms with E-state index in [1.807, 2.05) is 0 Å². The monoisotopic (exact) mass is 622 g/mol. The topological polar surface area (TPSA) is 132 Å². The largest absolute Gasteiger partial charge is 0.472 e. The number of hydrogen-bond acceptors (Lipinski definition) is 8. The van der Waals surface area contributed by atoms with Gasteiger partial charge in [-0.1, -0.05) is 116 Å². The van der Waals surface area contributed by atoms with Crippen LogP contribution in [0.1, 0.15) is 142 Å². The number of ether oxygens (including phenoxy) is 2. The van der Waals surface area contributed by atoms with E-state index in [2.05, 4.69) is 26.0 Å². The molecule has 0 saturated carbocycles. The van der Waals surface area contributed by atoms with E-state index in [0.717, 1.165) is 51.4 Å². The van der Waals surface area contributed by atoms with Crippen molar-refractivity contribution in [3.63, 3.8) is 0 Å². The summed E-state index contributed by atoms with van der Waals surface area (Å²) < 4.78 is 33.0. The molecule has 0 aliphatic heterocycles. The van der Waals surface area contributed by atoms with Gasteiger partial charge >= 0.3 is 13.8 Å². The van der Waals surface area contributed by atoms with Crippen molar-refractivity contribution in [1.82, 2.24) is 0 Å². The van der Waals surface area contributed by atoms with Gasteiger partial charge < -0.3 is 24.6 Å². The molecule has 0 bridgehead atoms. The third-order valence-electron chi connectivity index (χ3n) is 6.93. The summed E-state index contributed by atoms with van der Waals surface area (Å²) in [4.78, 5) is 22.3. The van der Waals surface area contributed by atoms with Crippen molar-refractivity contribution >= 4 is 13.8 Å². The molecule has 0 radical (unpaired) electrons. The number of phosphoric acid groups is 1. The number of carbonyl (C=O) groups excluding carboxylic acids is 1. The standard InChI is InChI=1S/C32H63O9P/c1-3-5-7-9-11-13-15-17-19-21-23-25-38-28-31(29-40-42(36,37)39-27-30(34)26-33)41-32(35)24-22-20-18-16-14-12-10-8-6-4-2/h7,9,30-31,33-34H,3-6,8,10-29H2,1-2H3,(H,36,37)/b9-7-. The van der Waals surface area contributed by atoms with Crippen molar-refractivity contribution in [2.24, 2.45) is 0 Å². The highest BCUT2D eigenvalue weighted by atomic mass is 31.2. The van der Waals surface area contributed by atoms with E-state index in [-0.39, 0.29) is 25.6 Å². The number of rotatable bonds is 32. The summed E-state index contributed by atoms with van der Waals surface area (Å²) in [5, 5.41) is 18.2. The molecule has 0 aliphatic carbocycles. The van der Waals surface area contributed by atoms with Gasteiger partial charge in [0.2, 0.25) is 0 Å². The summed E-state index contributed by atoms with van der Waals surface area (Å²) in [5.74, 6) is -0.388. The fraction of sp³-hybridized carbons (Fsp3) is 0.906. The molecule has 9 nitrogen and oxygen atoms in total. The molecule has 0 aromatic carbocycles. The first kappa shape index (κ1) is 41.2. The number of aliphatic hydroxyl groups is 2. The van der Waals surface area contributed by atoms with Gasteiger partial charge in [-0.3, -0.25) is 13.8 Å². The quantitative estimate of drug-likeness (QED) is 0.0297. The van der Waals surface area contributed by atoms with Gasteiger partial charge in [0.05, 0.1) is 26.4 Å². The van der Waals surface area contributed by atoms with Crippen LogP contribution in [0.15, 0.2) is 12.2 Å². The number of allylic oxidation sites excluding steroid dienone is 2. The lowest BCUT2D eigenvalue weighted by atomic mass is 10.1. The third-order valence-corrected chi connectivity index (χ3v) is 7.88. The first-order valence-electron chi connectivity index (χ1n) is 16.7. The second kappa shape index (κ2) is 30.2. The molecule has 0 aliphatic rings. The Morgan fingerprint density at radius 3 is 1.88 bits per heavy atom. The number of aliphatic hydroxyl groups excluding tert-OH is 2. The SMILES string of the molecule is CCC/C=C\CCCCCCCCOCC(COP(=O)(O)OCC(O)CO)OC(=O)CCCCCCCCCCCC. The number of hydrogen-bond donors (Lipinski definition) is 3. The number of carbonyl (C=O) groups is 1. The zero-order valence-electron chi connectivity index (χ0n) is 26.7. The van der Waals surface area contributed by atoms with Gasteiger partial charge in [-0.25, -0.2) is 4.57 Å². The maximum absolute atomic E-state index is 12.4. The van der Waals surface area contributed by atoms with Crippen LogP contribution in [0.2, 0.25) is 0 Å². The van der Waals surface area contributed by atoms with Crippen molar-refractivity contribution < 1.29 is 43.0 Å². The maximum atomic E-state index is 12.4. The van der Waals surface area contributed by atoms with Crippen molar-refractivity contribution in [1.29, 1.82) is 0 Å². The highest BCUT2D eigenvalue weighted by Crippen LogP contribution is 2.43. The number of unbranched alkanes of at least 4 members (excludes halogenated alkanes) is 16. The molecule has 0 amide bonds. The van der Waals surface area contributed by atoms with Gasteiger partial charge in [-0.05, 0) is 32.1 Å². The van der Waals surface area contributed by atoms with Gasteiger partial charge in [0.1, 0.15) is 12.2 Å². The molecule has 0 aromatic rings. The molecule has 3 unspecified atom stereocenters. The van der Waals surface area contributed by atoms with E-state index in [0.29, 0.717) is 6.61 Å². The Hall–Kier alpha value is -0.800. The second-order valence-electron chi connectivity index (χ2n) is 11.2. The van der Waals surface area contributed by atoms with E-state index < -0.39 is 33.2 Å². The predicted octanol–water partition coefficient (Wildman–Crippen LogP) is 7.80. The number of phosphoric ester groups is 1. The number of esters is 1. The molecular weight excluding hydrogens is 559 g/mol. The lowest BCUT2D eigenvalue weighted by Gasteiger charge is -2.20. The maximum Gasteiger partial charge on any atom is 0.472 e. The van der Waals surface area contributed by atoms with Crippen LogP contribution in [0.25, 0.3) is 0 Å². The van der Waals surface area contributed by atoms with Crippen LogP contribution in [0.4, 0.5) is 0 Å². The molecule has 42 heavy (non-hydrogen) atoms. The summed E-state index contributed by atoms with van der Waals surface area (Å²) in [6.07, 6.45) is 24.6. The lowest BCUT2D eigenvalue weighted by Crippen LogP contribution is -2.29. The molecule has 3 N–H and O–H groups in total. The smallest absolute Gasteiger partial charge is 0.457 e. The Labute approximate surface area is 256 Å². The van der Waals surface area contributed by atoms with E-state index >= 15 is 0 Å². The Balaban J connectivity index is 4.30. The lowest BCUT2D eigenvalue weighted by molar-refractivity contribution is -0.154. The first-order valence-corrected chi connectivity index (χ1v) is 18.2. The van der Waals surface area contributed by atoms with Gasteiger partial charge in [-0.15, -0.1) is 0 Å². The summed E-state index contributed by atoms with van der Waals surface area (Å²) >= 11 is 0. The fourth-order valence-electron chi connectivity index (χ4n) is 4.36. The Bertz CT molecular complexity index is 674. The first-order chi connectivity index (χ1) is 20.3. The molecule has 10 heteroatoms. The second-order valence-corrected chi connectivity index (χ2v) is 12.6. The van der Waals surface area contributed by atoms with Gasteiger partial charge in [0.15, 0.2) is 0 Å². The minimum absolute atomic E-state index is 0.0487. The average molecular weight is 623 g/mol. The average Bonchev–Trinajstić information content (AvgIpc) is 2.97. The normalized spacial score (nSPS) is 14.7. The Morgan fingerprint density at radius 1 is 0.714 bits per heavy atom. The molecule has 3 atom stereocenters. The molecule has 0 saturated heterocycles. The summed E-state index contributed by atoms with van der Waals surface area (Å²) in [6, 6.07) is 0. The Morgan fingerprint density at radius 2 is 1.26 bits per heavy atom. The third kappa shape index (κ3) is 29.3. The van der Waals surface area contributed by atoms with Crippen LogP contribution in [-0.2, 0) is 27.9 Å². The fourth-order valence-corrected chi connectivity index (χ4v) is 5.15. The van der Waals surface area contributed by atoms with Crippen molar-refractivity contribution in [3.8, 4) is 0 Å². The van der Waals surface area contributed by atoms with Crippen molar-refractivity contribution in [2.75, 3.05) is 33.0 Å². The van der Waals surface area contributed by atoms with E-state index in [9.17, 15) is 19.4 Å². The van der Waals surface area contributed by atoms with E-state index in [1.165, 1.54) is 70.6 Å². The molecule has 0 rings (SSSR count). The molecule has 0 fully saturated rings. The zero-order chi connectivity index (χ0) is 31.2. The highest BCUT2D eigenvalue weighted by molar-refractivity contribution is 7.47. The highest BCUT2D eigenvalue weighted by Gasteiger charge is 2.26. The Kier molecular flexibility index (Phi) is 29.7. The zero-order valence-corrected chi connectivity index (χ0v) is 27.6. The van der Waals surface area contributed by atoms with E-state index in [1.54, 1.807) is 0 Å². The minimum Gasteiger partial charge on any atom is -0.457 e. The summed E-state index contributed by atoms with van der Waals surface area (Å²) in [7, 11) is -4.50. The van der Waals surface area contributed by atoms with Crippen molar-refractivity contribution in [3.05, 3.63) is 12.2 Å². The summed E-state index contributed by atoms with van der Waals surface area (Å²) in [6.45, 7) is 3.42. The van der Waals surface area contributed by atoms with Crippen LogP contribution in [0.3, 0.4) is 0 Å². The molecule has 250 valence electrons. The van der Waals surface area contributed by atoms with E-state index in [4.69, 9.17) is 23.6 Å². The van der Waals surface area contributed by atoms with Crippen LogP contribution >= 0.6 is 7.82 Å².